The van der Waals surface area contributed by atoms with Gasteiger partial charge in [0.1, 0.15) is 18.5 Å². The third-order valence-corrected chi connectivity index (χ3v) is 7.80. The molecule has 5 rings (SSSR count). The molecule has 0 aromatic heterocycles. The molecule has 40 heavy (non-hydrogen) atoms. The molecule has 3 aliphatic rings. The molecule has 3 heterocycles. The molecule has 11 heteroatoms. The van der Waals surface area contributed by atoms with Crippen molar-refractivity contribution in [1.82, 2.24) is 16.0 Å². The zero-order valence-electron chi connectivity index (χ0n) is 22.3. The number of hydrogen-bond donors (Lipinski definition) is 5. The number of hydrogen-bond acceptors (Lipinski definition) is 8. The first-order chi connectivity index (χ1) is 19.4. The zero-order chi connectivity index (χ0) is 28.1. The number of ether oxygens (including phenoxy) is 1. The van der Waals surface area contributed by atoms with Crippen LogP contribution in [0.3, 0.4) is 0 Å². The lowest BCUT2D eigenvalue weighted by Gasteiger charge is -2.41. The Morgan fingerprint density at radius 3 is 2.52 bits per heavy atom. The molecule has 2 aromatic carbocycles. The van der Waals surface area contributed by atoms with Crippen molar-refractivity contribution in [2.45, 2.75) is 69.3 Å². The van der Waals surface area contributed by atoms with Gasteiger partial charge < -0.3 is 36.4 Å². The van der Waals surface area contributed by atoms with Gasteiger partial charge in [0.2, 0.25) is 5.91 Å². The van der Waals surface area contributed by atoms with Crippen molar-refractivity contribution in [3.8, 4) is 0 Å². The molecule has 0 saturated carbocycles. The lowest BCUT2D eigenvalue weighted by Crippen LogP contribution is -2.52. The van der Waals surface area contributed by atoms with E-state index in [1.165, 1.54) is 0 Å². The lowest BCUT2D eigenvalue weighted by molar-refractivity contribution is -0.141. The van der Waals surface area contributed by atoms with E-state index in [-0.39, 0.29) is 31.2 Å². The van der Waals surface area contributed by atoms with E-state index in [2.05, 4.69) is 25.8 Å². The highest BCUT2D eigenvalue weighted by atomic mass is 16.5. The van der Waals surface area contributed by atoms with Crippen LogP contribution in [0.5, 0.6) is 0 Å². The van der Waals surface area contributed by atoms with Crippen LogP contribution in [0.25, 0.3) is 0 Å². The summed E-state index contributed by atoms with van der Waals surface area (Å²) in [5.41, 5.74) is 10.1. The highest BCUT2D eigenvalue weighted by Crippen LogP contribution is 2.42. The molecule has 2 amide bonds. The summed E-state index contributed by atoms with van der Waals surface area (Å²) < 4.78 is 5.12. The van der Waals surface area contributed by atoms with Crippen molar-refractivity contribution >= 4 is 35.2 Å². The Kier molecular flexibility index (Phi) is 8.37. The Morgan fingerprint density at radius 1 is 1.10 bits per heavy atom. The van der Waals surface area contributed by atoms with Gasteiger partial charge >= 0.3 is 12.1 Å². The summed E-state index contributed by atoms with van der Waals surface area (Å²) in [6.45, 7) is 1.67. The average molecular weight is 549 g/mol. The predicted molar refractivity (Wildman–Crippen MR) is 151 cm³/mol. The number of amides is 2. The molecule has 2 unspecified atom stereocenters. The highest BCUT2D eigenvalue weighted by Gasteiger charge is 2.42. The van der Waals surface area contributed by atoms with Crippen LogP contribution in [0.2, 0.25) is 0 Å². The number of piperidine rings is 1. The summed E-state index contributed by atoms with van der Waals surface area (Å²) in [5.74, 6) is -0.878. The van der Waals surface area contributed by atoms with Gasteiger partial charge in [-0.2, -0.15) is 0 Å². The number of benzene rings is 2. The highest BCUT2D eigenvalue weighted by molar-refractivity contribution is 6.05. The largest absolute Gasteiger partial charge is 0.480 e. The van der Waals surface area contributed by atoms with Gasteiger partial charge in [-0.1, -0.05) is 36.4 Å². The summed E-state index contributed by atoms with van der Waals surface area (Å²) in [4.78, 5) is 43.7. The number of alkyl carbamates (subject to hydrolysis) is 1. The van der Waals surface area contributed by atoms with Crippen LogP contribution in [0, 0.1) is 0 Å². The van der Waals surface area contributed by atoms with Crippen molar-refractivity contribution in [2.24, 2.45) is 4.99 Å². The van der Waals surface area contributed by atoms with Gasteiger partial charge in [0.25, 0.3) is 0 Å². The number of nitrogen functional groups attached to an aromatic ring is 1. The molecule has 2 bridgehead atoms. The van der Waals surface area contributed by atoms with E-state index in [0.717, 1.165) is 67.8 Å². The number of fused-ring (bicyclic) bond motifs is 2. The monoisotopic (exact) mass is 548 g/mol. The quantitative estimate of drug-likeness (QED) is 0.299. The second-order valence-electron chi connectivity index (χ2n) is 10.6. The average Bonchev–Trinajstić information content (AvgIpc) is 3.21. The fourth-order valence-corrected chi connectivity index (χ4v) is 5.97. The summed E-state index contributed by atoms with van der Waals surface area (Å²) >= 11 is 0. The van der Waals surface area contributed by atoms with E-state index >= 15 is 0 Å². The van der Waals surface area contributed by atoms with Crippen molar-refractivity contribution < 1.29 is 24.2 Å². The second kappa shape index (κ2) is 12.3. The van der Waals surface area contributed by atoms with Crippen molar-refractivity contribution in [3.05, 3.63) is 59.7 Å². The van der Waals surface area contributed by atoms with Crippen LogP contribution < -0.4 is 26.6 Å². The minimum atomic E-state index is -1.39. The van der Waals surface area contributed by atoms with Gasteiger partial charge in [-0.15, -0.1) is 0 Å². The van der Waals surface area contributed by atoms with Crippen LogP contribution in [-0.4, -0.2) is 66.2 Å². The Labute approximate surface area is 233 Å². The molecule has 3 atom stereocenters. The Morgan fingerprint density at radius 2 is 1.85 bits per heavy atom. The van der Waals surface area contributed by atoms with E-state index in [9.17, 15) is 19.5 Å². The van der Waals surface area contributed by atoms with Crippen LogP contribution >= 0.6 is 0 Å². The maximum Gasteiger partial charge on any atom is 0.408 e. The molecule has 11 nitrogen and oxygen atoms in total. The number of amidine groups is 1. The fourth-order valence-electron chi connectivity index (χ4n) is 5.97. The molecule has 212 valence electrons. The van der Waals surface area contributed by atoms with Crippen LogP contribution in [0.4, 0.5) is 16.2 Å². The number of carbonyl (C=O) groups excluding carboxylic acids is 2. The fraction of sp³-hybridized carbons (Fsp3) is 0.448. The third-order valence-electron chi connectivity index (χ3n) is 7.80. The van der Waals surface area contributed by atoms with Crippen molar-refractivity contribution in [1.29, 1.82) is 0 Å². The molecular formula is C29H36N6O5. The number of aliphatic imine (C=N–C) groups is 1. The number of para-hydroxylation sites is 1. The Bertz CT molecular complexity index is 1250. The standard InChI is InChI=1S/C29H36N6O5/c30-26-22(27-31-12-5-13-32-27)8-4-9-24(26)35-20-10-11-21(35)15-19(14-20)33-25(36)16-23(28(37)38)34-29(39)40-17-18-6-2-1-3-7-18/h1-4,6-9,19-21,23H,5,10-17,30H2,(H,31,32)(H,33,36)(H,34,39)(H,37,38)/t19?,20?,21?,23-/m0/s1. The number of rotatable bonds is 9. The summed E-state index contributed by atoms with van der Waals surface area (Å²) in [7, 11) is 0. The maximum atomic E-state index is 12.8. The second-order valence-corrected chi connectivity index (χ2v) is 10.6. The maximum absolute atomic E-state index is 12.8. The molecule has 2 fully saturated rings. The number of carboxylic acids is 1. The predicted octanol–water partition coefficient (Wildman–Crippen LogP) is 2.39. The summed E-state index contributed by atoms with van der Waals surface area (Å²) in [5, 5.41) is 18.2. The molecule has 2 aromatic rings. The first-order valence-corrected chi connectivity index (χ1v) is 13.8. The minimum Gasteiger partial charge on any atom is -0.480 e. The normalized spacial score (nSPS) is 22.4. The molecule has 6 N–H and O–H groups in total. The van der Waals surface area contributed by atoms with E-state index < -0.39 is 24.0 Å². The zero-order valence-corrected chi connectivity index (χ0v) is 22.3. The number of carboxylic acid groups (broad SMARTS) is 1. The van der Waals surface area contributed by atoms with Gasteiger partial charge in [0.15, 0.2) is 0 Å². The lowest BCUT2D eigenvalue weighted by atomic mass is 9.95. The number of nitrogens with two attached hydrogens (primary N) is 1. The molecule has 3 aliphatic heterocycles. The first kappa shape index (κ1) is 27.3. The Hall–Kier alpha value is -4.28. The van der Waals surface area contributed by atoms with Gasteiger partial charge in [0.05, 0.1) is 17.8 Å². The topological polar surface area (TPSA) is 158 Å². The molecule has 0 aliphatic carbocycles. The van der Waals surface area contributed by atoms with Crippen LogP contribution in [0.15, 0.2) is 53.5 Å². The smallest absolute Gasteiger partial charge is 0.408 e. The SMILES string of the molecule is Nc1c(C2=NCCCN2)cccc1N1C2CCC1CC(NC(=O)C[C@H](NC(=O)OCc1ccccc1)C(=O)O)C2. The van der Waals surface area contributed by atoms with E-state index in [0.29, 0.717) is 5.69 Å². The third kappa shape index (κ3) is 6.30. The van der Waals surface area contributed by atoms with Crippen LogP contribution in [0.1, 0.15) is 49.7 Å². The van der Waals surface area contributed by atoms with Gasteiger partial charge in [-0.25, -0.2) is 9.59 Å². The number of anilines is 2. The number of carbonyl (C=O) groups is 3. The van der Waals surface area contributed by atoms with E-state index in [4.69, 9.17) is 10.5 Å². The van der Waals surface area contributed by atoms with Gasteiger partial charge in [-0.05, 0) is 49.8 Å². The van der Waals surface area contributed by atoms with E-state index in [1.807, 2.05) is 36.4 Å². The first-order valence-electron chi connectivity index (χ1n) is 13.8. The minimum absolute atomic E-state index is 0.00457. The molecule has 0 radical (unpaired) electrons. The molecule has 2 saturated heterocycles. The van der Waals surface area contributed by atoms with Crippen molar-refractivity contribution in [3.63, 3.8) is 0 Å². The Balaban J connectivity index is 1.16. The van der Waals surface area contributed by atoms with Gasteiger partial charge in [-0.3, -0.25) is 9.79 Å². The van der Waals surface area contributed by atoms with E-state index in [1.54, 1.807) is 12.1 Å². The number of aliphatic carboxylic acids is 1. The molecule has 0 spiro atoms. The number of nitrogens with zero attached hydrogens (tertiary/aromatic N) is 2. The number of nitrogens with one attached hydrogen (secondary N) is 3. The van der Waals surface area contributed by atoms with Crippen LogP contribution in [-0.2, 0) is 20.9 Å². The molecular weight excluding hydrogens is 512 g/mol. The van der Waals surface area contributed by atoms with Crippen molar-refractivity contribution in [2.75, 3.05) is 23.7 Å². The summed E-state index contributed by atoms with van der Waals surface area (Å²) in [6.07, 6.45) is 3.19. The summed E-state index contributed by atoms with van der Waals surface area (Å²) in [6, 6.07) is 14.1. The van der Waals surface area contributed by atoms with Gasteiger partial charge in [0, 0.05) is 36.8 Å².